The van der Waals surface area contributed by atoms with Crippen LogP contribution < -0.4 is 0 Å². The van der Waals surface area contributed by atoms with E-state index in [2.05, 4.69) is 23.2 Å². The largest absolute Gasteiger partial charge is 0.338 e. The van der Waals surface area contributed by atoms with Crippen LogP contribution in [0.3, 0.4) is 0 Å². The molecule has 1 aromatic carbocycles. The van der Waals surface area contributed by atoms with Crippen molar-refractivity contribution >= 4 is 5.78 Å². The second kappa shape index (κ2) is 5.17. The van der Waals surface area contributed by atoms with E-state index in [-0.39, 0.29) is 5.78 Å². The smallest absolute Gasteiger partial charge is 0.144 e. The highest BCUT2D eigenvalue weighted by Gasteiger charge is 2.10. The first-order valence-corrected chi connectivity index (χ1v) is 6.10. The molecule has 0 amide bonds. The predicted octanol–water partition coefficient (Wildman–Crippen LogP) is 2.39. The van der Waals surface area contributed by atoms with E-state index in [4.69, 9.17) is 0 Å². The van der Waals surface area contributed by atoms with Crippen LogP contribution in [0, 0.1) is 13.8 Å². The lowest BCUT2D eigenvalue weighted by Crippen LogP contribution is -2.11. The van der Waals surface area contributed by atoms with Gasteiger partial charge in [-0.15, -0.1) is 0 Å². The van der Waals surface area contributed by atoms with E-state index in [1.807, 2.05) is 31.7 Å². The first kappa shape index (κ1) is 12.6. The molecule has 0 aliphatic rings. The normalized spacial score (nSPS) is 10.6. The predicted molar refractivity (Wildman–Crippen MR) is 71.5 cm³/mol. The maximum atomic E-state index is 12.0. The third-order valence-corrected chi connectivity index (χ3v) is 3.17. The molecule has 18 heavy (non-hydrogen) atoms. The van der Waals surface area contributed by atoms with Crippen molar-refractivity contribution in [2.24, 2.45) is 7.05 Å². The van der Waals surface area contributed by atoms with Crippen LogP contribution in [0.25, 0.3) is 0 Å². The fourth-order valence-electron chi connectivity index (χ4n) is 2.01. The Morgan fingerprint density at radius 3 is 2.72 bits per heavy atom. The molecular weight excluding hydrogens is 224 g/mol. The first-order valence-electron chi connectivity index (χ1n) is 6.10. The Morgan fingerprint density at radius 2 is 2.06 bits per heavy atom. The number of carbonyl (C=O) groups excluding carboxylic acids is 1. The van der Waals surface area contributed by atoms with Gasteiger partial charge in [0, 0.05) is 25.9 Å². The van der Waals surface area contributed by atoms with Gasteiger partial charge in [-0.05, 0) is 25.0 Å². The molecule has 0 N–H and O–H groups in total. The summed E-state index contributed by atoms with van der Waals surface area (Å²) in [6.07, 6.45) is 4.47. The molecule has 0 radical (unpaired) electrons. The summed E-state index contributed by atoms with van der Waals surface area (Å²) < 4.78 is 1.89. The summed E-state index contributed by atoms with van der Waals surface area (Å²) in [5.41, 5.74) is 3.49. The summed E-state index contributed by atoms with van der Waals surface area (Å²) in [7, 11) is 1.91. The van der Waals surface area contributed by atoms with Crippen molar-refractivity contribution in [3.05, 3.63) is 53.1 Å². The van der Waals surface area contributed by atoms with Gasteiger partial charge in [0.15, 0.2) is 0 Å². The Labute approximate surface area is 107 Å². The Kier molecular flexibility index (Phi) is 3.60. The number of hydrogen-bond donors (Lipinski definition) is 0. The van der Waals surface area contributed by atoms with Crippen molar-refractivity contribution in [3.63, 3.8) is 0 Å². The van der Waals surface area contributed by atoms with Gasteiger partial charge in [-0.25, -0.2) is 4.98 Å². The highest BCUT2D eigenvalue weighted by atomic mass is 16.1. The topological polar surface area (TPSA) is 34.9 Å². The van der Waals surface area contributed by atoms with Crippen molar-refractivity contribution in [1.29, 1.82) is 0 Å². The van der Waals surface area contributed by atoms with Crippen molar-refractivity contribution < 1.29 is 4.79 Å². The summed E-state index contributed by atoms with van der Waals surface area (Å²) in [5, 5.41) is 0. The van der Waals surface area contributed by atoms with E-state index < -0.39 is 0 Å². The van der Waals surface area contributed by atoms with Gasteiger partial charge < -0.3 is 4.57 Å². The second-order valence-corrected chi connectivity index (χ2v) is 4.78. The van der Waals surface area contributed by atoms with Gasteiger partial charge in [0.25, 0.3) is 0 Å². The third kappa shape index (κ3) is 2.86. The highest BCUT2D eigenvalue weighted by molar-refractivity contribution is 5.82. The number of hydrogen-bond acceptors (Lipinski definition) is 2. The molecule has 0 saturated heterocycles. The summed E-state index contributed by atoms with van der Waals surface area (Å²) in [6.45, 7) is 4.09. The van der Waals surface area contributed by atoms with Gasteiger partial charge in [0.05, 0.1) is 6.42 Å². The fourth-order valence-corrected chi connectivity index (χ4v) is 2.01. The van der Waals surface area contributed by atoms with E-state index in [9.17, 15) is 4.79 Å². The zero-order valence-electron chi connectivity index (χ0n) is 11.1. The molecule has 2 aromatic rings. The van der Waals surface area contributed by atoms with Crippen LogP contribution in [0.4, 0.5) is 0 Å². The average Bonchev–Trinajstić information content (AvgIpc) is 2.70. The number of ketones is 1. The van der Waals surface area contributed by atoms with E-state index >= 15 is 0 Å². The number of aromatic nitrogens is 2. The van der Waals surface area contributed by atoms with E-state index in [0.717, 1.165) is 11.4 Å². The minimum absolute atomic E-state index is 0.206. The number of benzene rings is 1. The highest BCUT2D eigenvalue weighted by Crippen LogP contribution is 2.12. The Morgan fingerprint density at radius 1 is 1.28 bits per heavy atom. The minimum Gasteiger partial charge on any atom is -0.338 e. The molecule has 0 atom stereocenters. The number of nitrogens with zero attached hydrogens (tertiary/aromatic N) is 2. The van der Waals surface area contributed by atoms with Gasteiger partial charge in [0.2, 0.25) is 0 Å². The molecule has 0 fully saturated rings. The van der Waals surface area contributed by atoms with Crippen molar-refractivity contribution in [3.8, 4) is 0 Å². The summed E-state index contributed by atoms with van der Waals surface area (Å²) in [4.78, 5) is 16.2. The molecule has 3 heteroatoms. The molecule has 1 heterocycles. The summed E-state index contributed by atoms with van der Waals surface area (Å²) in [6, 6.07) is 6.23. The van der Waals surface area contributed by atoms with Crippen LogP contribution in [0.1, 0.15) is 22.5 Å². The van der Waals surface area contributed by atoms with Crippen molar-refractivity contribution in [2.75, 3.05) is 0 Å². The fraction of sp³-hybridized carbons (Fsp3) is 0.333. The standard InChI is InChI=1S/C15H18N2O/c1-11-4-5-12(2)13(8-11)9-14(18)10-15-16-6-7-17(15)3/h4-8H,9-10H2,1-3H3. The number of imidazole rings is 1. The lowest BCUT2D eigenvalue weighted by atomic mass is 10.00. The summed E-state index contributed by atoms with van der Waals surface area (Å²) in [5.74, 6) is 1.03. The first-order chi connectivity index (χ1) is 8.56. The van der Waals surface area contributed by atoms with Crippen LogP contribution in [-0.4, -0.2) is 15.3 Å². The molecule has 0 unspecified atom stereocenters. The molecule has 1 aromatic heterocycles. The molecule has 2 rings (SSSR count). The van der Waals surface area contributed by atoms with Gasteiger partial charge >= 0.3 is 0 Å². The SMILES string of the molecule is Cc1ccc(C)c(CC(=O)Cc2nccn2C)c1. The Hall–Kier alpha value is -1.90. The maximum Gasteiger partial charge on any atom is 0.144 e. The van der Waals surface area contributed by atoms with E-state index in [1.165, 1.54) is 11.1 Å². The van der Waals surface area contributed by atoms with Gasteiger partial charge in [0.1, 0.15) is 11.6 Å². The second-order valence-electron chi connectivity index (χ2n) is 4.78. The molecular formula is C15H18N2O. The molecule has 0 spiro atoms. The zero-order valence-corrected chi connectivity index (χ0v) is 11.1. The maximum absolute atomic E-state index is 12.0. The number of rotatable bonds is 4. The summed E-state index contributed by atoms with van der Waals surface area (Å²) >= 11 is 0. The monoisotopic (exact) mass is 242 g/mol. The molecule has 0 saturated carbocycles. The third-order valence-electron chi connectivity index (χ3n) is 3.17. The van der Waals surface area contributed by atoms with Crippen LogP contribution >= 0.6 is 0 Å². The van der Waals surface area contributed by atoms with Crippen LogP contribution in [0.5, 0.6) is 0 Å². The van der Waals surface area contributed by atoms with Crippen molar-refractivity contribution in [2.45, 2.75) is 26.7 Å². The Bertz CT molecular complexity index is 570. The number of carbonyl (C=O) groups is 1. The van der Waals surface area contributed by atoms with Gasteiger partial charge in [-0.2, -0.15) is 0 Å². The quantitative estimate of drug-likeness (QED) is 0.825. The molecule has 0 aliphatic heterocycles. The van der Waals surface area contributed by atoms with E-state index in [1.54, 1.807) is 6.20 Å². The number of Topliss-reactive ketones (excluding diaryl/α,β-unsaturated/α-hetero) is 1. The Balaban J connectivity index is 2.08. The lowest BCUT2D eigenvalue weighted by Gasteiger charge is -2.06. The molecule has 0 bridgehead atoms. The van der Waals surface area contributed by atoms with E-state index in [0.29, 0.717) is 12.8 Å². The molecule has 94 valence electrons. The molecule has 3 nitrogen and oxygen atoms in total. The van der Waals surface area contributed by atoms with Crippen LogP contribution in [0.15, 0.2) is 30.6 Å². The van der Waals surface area contributed by atoms with Gasteiger partial charge in [-0.1, -0.05) is 23.8 Å². The zero-order chi connectivity index (χ0) is 13.1. The van der Waals surface area contributed by atoms with Gasteiger partial charge in [-0.3, -0.25) is 4.79 Å². The minimum atomic E-state index is 0.206. The van der Waals surface area contributed by atoms with Crippen LogP contribution in [0.2, 0.25) is 0 Å². The average molecular weight is 242 g/mol. The van der Waals surface area contributed by atoms with Crippen LogP contribution in [-0.2, 0) is 24.7 Å². The molecule has 0 aliphatic carbocycles. The number of aryl methyl sites for hydroxylation is 3. The van der Waals surface area contributed by atoms with Crippen molar-refractivity contribution in [1.82, 2.24) is 9.55 Å². The lowest BCUT2D eigenvalue weighted by molar-refractivity contribution is -0.117.